The number of esters is 1. The zero-order valence-corrected chi connectivity index (χ0v) is 15.0. The van der Waals surface area contributed by atoms with Gasteiger partial charge >= 0.3 is 5.97 Å². The van der Waals surface area contributed by atoms with Crippen LogP contribution in [0.5, 0.6) is 11.5 Å². The third-order valence-electron chi connectivity index (χ3n) is 5.29. The van der Waals surface area contributed by atoms with Gasteiger partial charge in [-0.1, -0.05) is 12.2 Å². The van der Waals surface area contributed by atoms with Crippen molar-refractivity contribution in [3.05, 3.63) is 46.2 Å². The summed E-state index contributed by atoms with van der Waals surface area (Å²) in [5.41, 5.74) is -1.50. The zero-order chi connectivity index (χ0) is 19.4. The Morgan fingerprint density at radius 1 is 1.12 bits per heavy atom. The number of hydrogen-bond donors (Lipinski definition) is 2. The largest absolute Gasteiger partial charge is 0.507 e. The lowest BCUT2D eigenvalue weighted by Gasteiger charge is -2.42. The molecule has 1 heterocycles. The van der Waals surface area contributed by atoms with Gasteiger partial charge < -0.3 is 14.9 Å². The molecule has 1 aromatic rings. The van der Waals surface area contributed by atoms with Crippen LogP contribution in [0.25, 0.3) is 0 Å². The van der Waals surface area contributed by atoms with E-state index in [1.54, 1.807) is 19.1 Å². The molecule has 1 aliphatic carbocycles. The maximum atomic E-state index is 13.1. The van der Waals surface area contributed by atoms with Crippen LogP contribution < -0.4 is 0 Å². The number of ketones is 2. The molecule has 26 heavy (non-hydrogen) atoms. The molecule has 3 rings (SSSR count). The van der Waals surface area contributed by atoms with Crippen LogP contribution in [0.1, 0.15) is 47.3 Å². The number of phenols is 2. The Hall–Kier alpha value is -2.89. The zero-order valence-electron chi connectivity index (χ0n) is 15.0. The van der Waals surface area contributed by atoms with Gasteiger partial charge in [0.15, 0.2) is 17.0 Å². The number of ether oxygens (including phenoxy) is 1. The highest BCUT2D eigenvalue weighted by Crippen LogP contribution is 2.52. The number of allylic oxidation sites excluding steroid dienone is 4. The Labute approximate surface area is 150 Å². The number of carbonyl (C=O) groups excluding carboxylic acids is 3. The minimum absolute atomic E-state index is 0.0381. The van der Waals surface area contributed by atoms with Crippen LogP contribution in [0.4, 0.5) is 0 Å². The van der Waals surface area contributed by atoms with Crippen LogP contribution in [0, 0.1) is 19.8 Å². The second kappa shape index (κ2) is 5.83. The summed E-state index contributed by atoms with van der Waals surface area (Å²) in [4.78, 5) is 38.9. The molecule has 0 saturated heterocycles. The van der Waals surface area contributed by atoms with Crippen LogP contribution in [-0.2, 0) is 19.7 Å². The number of phenolic OH excluding ortho intramolecular Hbond substituents is 2. The first-order valence-electron chi connectivity index (χ1n) is 8.34. The summed E-state index contributed by atoms with van der Waals surface area (Å²) in [6.07, 6.45) is 4.40. The first kappa shape index (κ1) is 17.9. The molecule has 2 N–H and O–H groups in total. The minimum Gasteiger partial charge on any atom is -0.507 e. The molecule has 0 fully saturated rings. The predicted molar refractivity (Wildman–Crippen MR) is 93.0 cm³/mol. The smallest absolute Gasteiger partial charge is 0.330 e. The van der Waals surface area contributed by atoms with Gasteiger partial charge in [0, 0.05) is 24.0 Å². The number of aromatic hydroxyl groups is 2. The maximum Gasteiger partial charge on any atom is 0.330 e. The van der Waals surface area contributed by atoms with E-state index in [0.717, 1.165) is 0 Å². The molecule has 1 aliphatic heterocycles. The molecular formula is C20H20O6. The summed E-state index contributed by atoms with van der Waals surface area (Å²) in [5.74, 6) is -2.96. The van der Waals surface area contributed by atoms with Crippen molar-refractivity contribution in [1.29, 1.82) is 0 Å². The molecule has 0 aromatic heterocycles. The third kappa shape index (κ3) is 2.08. The minimum atomic E-state index is -1.80. The number of benzene rings is 1. The van der Waals surface area contributed by atoms with E-state index in [2.05, 4.69) is 0 Å². The van der Waals surface area contributed by atoms with Gasteiger partial charge in [0.2, 0.25) is 0 Å². The van der Waals surface area contributed by atoms with Gasteiger partial charge in [-0.15, -0.1) is 0 Å². The van der Waals surface area contributed by atoms with E-state index >= 15 is 0 Å². The lowest BCUT2D eigenvalue weighted by molar-refractivity contribution is -0.154. The van der Waals surface area contributed by atoms with E-state index in [9.17, 15) is 24.6 Å². The summed E-state index contributed by atoms with van der Waals surface area (Å²) < 4.78 is 5.28. The maximum absolute atomic E-state index is 13.1. The van der Waals surface area contributed by atoms with Crippen molar-refractivity contribution in [2.75, 3.05) is 0 Å². The van der Waals surface area contributed by atoms with Crippen LogP contribution in [0.2, 0.25) is 0 Å². The van der Waals surface area contributed by atoms with Crippen molar-refractivity contribution < 1.29 is 29.3 Å². The number of rotatable bonds is 1. The number of hydrogen-bond acceptors (Lipinski definition) is 6. The molecule has 0 amide bonds. The quantitative estimate of drug-likeness (QED) is 0.456. The average Bonchev–Trinajstić information content (AvgIpc) is 2.56. The van der Waals surface area contributed by atoms with E-state index in [4.69, 9.17) is 4.74 Å². The topological polar surface area (TPSA) is 101 Å². The SMILES string of the molecule is C/C=C\[C@H]1CC(=O)c2c(O)c(C)c(O)c(C)c2C12C(=O)C=C(C)OC2=O. The van der Waals surface area contributed by atoms with Crippen LogP contribution in [0.3, 0.4) is 0 Å². The lowest BCUT2D eigenvalue weighted by Crippen LogP contribution is -2.55. The summed E-state index contributed by atoms with van der Waals surface area (Å²) in [7, 11) is 0. The first-order chi connectivity index (χ1) is 12.2. The van der Waals surface area contributed by atoms with E-state index in [1.165, 1.54) is 26.8 Å². The van der Waals surface area contributed by atoms with Crippen molar-refractivity contribution in [1.82, 2.24) is 0 Å². The van der Waals surface area contributed by atoms with Gasteiger partial charge in [0.05, 0.1) is 5.56 Å². The van der Waals surface area contributed by atoms with E-state index < -0.39 is 28.8 Å². The highest BCUT2D eigenvalue weighted by atomic mass is 16.5. The first-order valence-corrected chi connectivity index (χ1v) is 8.34. The molecule has 6 nitrogen and oxygen atoms in total. The number of Topliss-reactive ketones (excluding diaryl/α,β-unsaturated/α-hetero) is 1. The Bertz CT molecular complexity index is 921. The summed E-state index contributed by atoms with van der Waals surface area (Å²) in [6, 6.07) is 0. The molecule has 0 bridgehead atoms. The molecular weight excluding hydrogens is 336 g/mol. The Balaban J connectivity index is 2.51. The average molecular weight is 356 g/mol. The molecule has 1 unspecified atom stereocenters. The van der Waals surface area contributed by atoms with Crippen molar-refractivity contribution in [2.24, 2.45) is 5.92 Å². The highest BCUT2D eigenvalue weighted by molar-refractivity contribution is 6.21. The second-order valence-corrected chi connectivity index (χ2v) is 6.77. The molecule has 2 atom stereocenters. The van der Waals surface area contributed by atoms with Gasteiger partial charge in [0.25, 0.3) is 0 Å². The van der Waals surface area contributed by atoms with Gasteiger partial charge in [-0.2, -0.15) is 0 Å². The Kier molecular flexibility index (Phi) is 4.02. The molecule has 1 aromatic carbocycles. The molecule has 0 radical (unpaired) electrons. The number of cyclic esters (lactones) is 1. The van der Waals surface area contributed by atoms with Gasteiger partial charge in [-0.3, -0.25) is 14.4 Å². The van der Waals surface area contributed by atoms with Crippen molar-refractivity contribution in [3.8, 4) is 11.5 Å². The molecule has 1 spiro atoms. The fourth-order valence-electron chi connectivity index (χ4n) is 4.07. The fourth-order valence-corrected chi connectivity index (χ4v) is 4.07. The molecule has 6 heteroatoms. The molecule has 2 aliphatic rings. The van der Waals surface area contributed by atoms with Crippen molar-refractivity contribution in [3.63, 3.8) is 0 Å². The fraction of sp³-hybridized carbons (Fsp3) is 0.350. The van der Waals surface area contributed by atoms with Crippen molar-refractivity contribution >= 4 is 17.5 Å². The van der Waals surface area contributed by atoms with E-state index in [0.29, 0.717) is 0 Å². The Morgan fingerprint density at radius 3 is 2.35 bits per heavy atom. The standard InChI is InChI=1S/C20H20O6/c1-5-6-12-8-13(21)15-16(10(3)17(23)11(4)18(15)24)20(12)14(22)7-9(2)26-19(20)25/h5-7,12,23-24H,8H2,1-4H3/b6-5-/t12-,20?/m0/s1. The van der Waals surface area contributed by atoms with Gasteiger partial charge in [0.1, 0.15) is 17.3 Å². The van der Waals surface area contributed by atoms with Crippen LogP contribution in [-0.4, -0.2) is 27.7 Å². The second-order valence-electron chi connectivity index (χ2n) is 6.77. The van der Waals surface area contributed by atoms with Crippen LogP contribution in [0.15, 0.2) is 24.0 Å². The molecule has 136 valence electrons. The van der Waals surface area contributed by atoms with E-state index in [-0.39, 0.29) is 46.0 Å². The van der Waals surface area contributed by atoms with Crippen LogP contribution >= 0.6 is 0 Å². The van der Waals surface area contributed by atoms with Crippen molar-refractivity contribution in [2.45, 2.75) is 39.5 Å². The summed E-state index contributed by atoms with van der Waals surface area (Å²) in [6.45, 7) is 6.23. The summed E-state index contributed by atoms with van der Waals surface area (Å²) >= 11 is 0. The monoisotopic (exact) mass is 356 g/mol. The van der Waals surface area contributed by atoms with Gasteiger partial charge in [-0.05, 0) is 38.8 Å². The number of carbonyl (C=O) groups is 3. The third-order valence-corrected chi connectivity index (χ3v) is 5.29. The van der Waals surface area contributed by atoms with E-state index in [1.807, 2.05) is 0 Å². The Morgan fingerprint density at radius 2 is 1.77 bits per heavy atom. The lowest BCUT2D eigenvalue weighted by atomic mass is 9.58. The number of fused-ring (bicyclic) bond motifs is 2. The normalized spacial score (nSPS) is 25.5. The van der Waals surface area contributed by atoms with Gasteiger partial charge in [-0.25, -0.2) is 0 Å². The predicted octanol–water partition coefficient (Wildman–Crippen LogP) is 2.76. The highest BCUT2D eigenvalue weighted by Gasteiger charge is 2.60. The molecule has 0 saturated carbocycles. The summed E-state index contributed by atoms with van der Waals surface area (Å²) in [5, 5.41) is 20.9.